The van der Waals surface area contributed by atoms with E-state index < -0.39 is 4.92 Å². The first-order valence-electron chi connectivity index (χ1n) is 10.0. The molecule has 33 heavy (non-hydrogen) atoms. The molecule has 0 spiro atoms. The number of rotatable bonds is 7. The summed E-state index contributed by atoms with van der Waals surface area (Å²) < 4.78 is 6.41. The maximum absolute atomic E-state index is 13.3. The smallest absolute Gasteiger partial charge is 0.269 e. The highest BCUT2D eigenvalue weighted by Gasteiger charge is 2.20. The van der Waals surface area contributed by atoms with Gasteiger partial charge < -0.3 is 4.74 Å². The number of carbonyl (C=O) groups excluding carboxylic acids is 1. The van der Waals surface area contributed by atoms with Crippen LogP contribution in [-0.2, 0) is 11.3 Å². The van der Waals surface area contributed by atoms with E-state index in [0.717, 1.165) is 15.8 Å². The number of anilines is 1. The zero-order valence-electron chi connectivity index (χ0n) is 18.0. The number of carbonyl (C=O) groups is 1. The Morgan fingerprint density at radius 1 is 1.15 bits per heavy atom. The lowest BCUT2D eigenvalue weighted by Crippen LogP contribution is -2.28. The van der Waals surface area contributed by atoms with E-state index in [-0.39, 0.29) is 11.6 Å². The van der Waals surface area contributed by atoms with Crippen molar-refractivity contribution in [2.75, 3.05) is 12.0 Å². The predicted molar refractivity (Wildman–Crippen MR) is 128 cm³/mol. The summed E-state index contributed by atoms with van der Waals surface area (Å²) in [6.45, 7) is 2.31. The van der Waals surface area contributed by atoms with Crippen molar-refractivity contribution in [2.45, 2.75) is 13.5 Å². The first-order chi connectivity index (χ1) is 16.0. The zero-order chi connectivity index (χ0) is 23.4. The normalized spacial score (nSPS) is 11.1. The molecule has 8 nitrogen and oxygen atoms in total. The van der Waals surface area contributed by atoms with Gasteiger partial charge in [-0.3, -0.25) is 24.8 Å². The maximum Gasteiger partial charge on any atom is 0.269 e. The summed E-state index contributed by atoms with van der Waals surface area (Å²) in [5, 5.41) is 11.4. The number of hydrogen-bond donors (Lipinski definition) is 0. The number of non-ortho nitro benzene ring substituents is 1. The Morgan fingerprint density at radius 2 is 1.88 bits per heavy atom. The summed E-state index contributed by atoms with van der Waals surface area (Å²) in [6.07, 6.45) is 6.43. The highest BCUT2D eigenvalue weighted by molar-refractivity contribution is 7.22. The number of amides is 1. The van der Waals surface area contributed by atoms with Crippen LogP contribution in [0.15, 0.2) is 67.0 Å². The molecule has 0 fully saturated rings. The molecule has 0 N–H and O–H groups in total. The average Bonchev–Trinajstić information content (AvgIpc) is 3.28. The number of nitro benzene ring substituents is 1. The highest BCUT2D eigenvalue weighted by atomic mass is 32.1. The molecule has 0 aliphatic rings. The first-order valence-corrected chi connectivity index (χ1v) is 10.8. The Kier molecular flexibility index (Phi) is 6.41. The van der Waals surface area contributed by atoms with Crippen LogP contribution in [0.2, 0.25) is 0 Å². The minimum atomic E-state index is -0.460. The van der Waals surface area contributed by atoms with Crippen LogP contribution < -0.4 is 9.64 Å². The van der Waals surface area contributed by atoms with Gasteiger partial charge >= 0.3 is 0 Å². The van der Waals surface area contributed by atoms with Crippen LogP contribution in [0.1, 0.15) is 16.7 Å². The second-order valence-electron chi connectivity index (χ2n) is 7.22. The highest BCUT2D eigenvalue weighted by Crippen LogP contribution is 2.37. The summed E-state index contributed by atoms with van der Waals surface area (Å²) in [6, 6.07) is 13.5. The summed E-state index contributed by atoms with van der Waals surface area (Å²) in [7, 11) is 1.59. The summed E-state index contributed by atoms with van der Waals surface area (Å²) in [5.41, 5.74) is 3.35. The van der Waals surface area contributed by atoms with Gasteiger partial charge in [-0.15, -0.1) is 0 Å². The van der Waals surface area contributed by atoms with Crippen LogP contribution in [0.25, 0.3) is 16.3 Å². The van der Waals surface area contributed by atoms with Gasteiger partial charge in [0.25, 0.3) is 11.6 Å². The lowest BCUT2D eigenvalue weighted by atomic mass is 10.2. The number of aryl methyl sites for hydroxylation is 1. The molecule has 1 amide bonds. The first kappa shape index (κ1) is 22.1. The van der Waals surface area contributed by atoms with Crippen LogP contribution in [0.5, 0.6) is 5.75 Å². The van der Waals surface area contributed by atoms with Gasteiger partial charge in [-0.05, 0) is 60.0 Å². The molecule has 166 valence electrons. The predicted octanol–water partition coefficient (Wildman–Crippen LogP) is 5.16. The third kappa shape index (κ3) is 4.88. The van der Waals surface area contributed by atoms with Crippen LogP contribution in [-0.4, -0.2) is 27.9 Å². The molecule has 4 rings (SSSR count). The molecule has 2 heterocycles. The van der Waals surface area contributed by atoms with Crippen molar-refractivity contribution in [1.29, 1.82) is 0 Å². The van der Waals surface area contributed by atoms with Crippen molar-refractivity contribution < 1.29 is 14.5 Å². The van der Waals surface area contributed by atoms with Gasteiger partial charge in [0.2, 0.25) is 0 Å². The minimum absolute atomic E-state index is 0.00316. The largest absolute Gasteiger partial charge is 0.494 e. The summed E-state index contributed by atoms with van der Waals surface area (Å²) in [5.74, 6) is 0.386. The van der Waals surface area contributed by atoms with Crippen molar-refractivity contribution in [1.82, 2.24) is 9.97 Å². The molecule has 0 unspecified atom stereocenters. The lowest BCUT2D eigenvalue weighted by molar-refractivity contribution is -0.384. The summed E-state index contributed by atoms with van der Waals surface area (Å²) in [4.78, 5) is 34.0. The number of fused-ring (bicyclic) bond motifs is 1. The molecule has 0 saturated heterocycles. The van der Waals surface area contributed by atoms with Gasteiger partial charge in [0.1, 0.15) is 11.3 Å². The van der Waals surface area contributed by atoms with E-state index >= 15 is 0 Å². The van der Waals surface area contributed by atoms with Crippen LogP contribution in [0, 0.1) is 17.0 Å². The molecule has 0 bridgehead atoms. The fourth-order valence-corrected chi connectivity index (χ4v) is 4.31. The number of hydrogen-bond acceptors (Lipinski definition) is 7. The lowest BCUT2D eigenvalue weighted by Gasteiger charge is -2.18. The Hall–Kier alpha value is -4.11. The maximum atomic E-state index is 13.3. The van der Waals surface area contributed by atoms with E-state index in [9.17, 15) is 14.9 Å². The second-order valence-corrected chi connectivity index (χ2v) is 8.20. The minimum Gasteiger partial charge on any atom is -0.494 e. The molecule has 2 aromatic heterocycles. The second kappa shape index (κ2) is 9.58. The molecule has 0 saturated carbocycles. The third-order valence-electron chi connectivity index (χ3n) is 5.02. The van der Waals surface area contributed by atoms with Crippen molar-refractivity contribution in [3.63, 3.8) is 0 Å². The standard InChI is InChI=1S/C24H20N4O4S/c1-16-3-9-20(32-2)22-23(16)33-24(26-22)27(15-18-11-13-25-14-12-18)21(29)10-6-17-4-7-19(8-5-17)28(30)31/h3-14H,15H2,1-2H3. The van der Waals surface area contributed by atoms with Gasteiger partial charge in [0.05, 0.1) is 23.3 Å². The number of methoxy groups -OCH3 is 1. The molecular formula is C24H20N4O4S. The van der Waals surface area contributed by atoms with Crippen molar-refractivity contribution >= 4 is 44.4 Å². The van der Waals surface area contributed by atoms with Crippen LogP contribution in [0.3, 0.4) is 0 Å². The fourth-order valence-electron chi connectivity index (χ4n) is 3.25. The number of thiazole rings is 1. The van der Waals surface area contributed by atoms with Gasteiger partial charge in [-0.1, -0.05) is 17.4 Å². The van der Waals surface area contributed by atoms with Gasteiger partial charge in [-0.2, -0.15) is 0 Å². The topological polar surface area (TPSA) is 98.5 Å². The molecule has 4 aromatic rings. The number of pyridine rings is 1. The fraction of sp³-hybridized carbons (Fsp3) is 0.125. The van der Waals surface area contributed by atoms with E-state index in [0.29, 0.717) is 28.5 Å². The number of nitro groups is 1. The van der Waals surface area contributed by atoms with Gasteiger partial charge in [0, 0.05) is 30.6 Å². The molecule has 0 aliphatic carbocycles. The number of aromatic nitrogens is 2. The van der Waals surface area contributed by atoms with Crippen molar-refractivity contribution in [3.8, 4) is 5.75 Å². The number of ether oxygens (including phenoxy) is 1. The number of benzene rings is 2. The molecule has 0 aliphatic heterocycles. The summed E-state index contributed by atoms with van der Waals surface area (Å²) >= 11 is 1.43. The molecule has 0 atom stereocenters. The van der Waals surface area contributed by atoms with Gasteiger partial charge in [-0.25, -0.2) is 4.98 Å². The van der Waals surface area contributed by atoms with E-state index in [1.807, 2.05) is 31.2 Å². The Balaban J connectivity index is 1.69. The van der Waals surface area contributed by atoms with Crippen LogP contribution in [0.4, 0.5) is 10.8 Å². The van der Waals surface area contributed by atoms with E-state index in [2.05, 4.69) is 4.98 Å². The van der Waals surface area contributed by atoms with Crippen molar-refractivity contribution in [3.05, 3.63) is 93.8 Å². The van der Waals surface area contributed by atoms with Crippen LogP contribution >= 0.6 is 11.3 Å². The molecule has 9 heteroatoms. The Labute approximate surface area is 193 Å². The van der Waals surface area contributed by atoms with E-state index in [1.165, 1.54) is 29.5 Å². The zero-order valence-corrected chi connectivity index (χ0v) is 18.8. The molecule has 0 radical (unpaired) electrons. The SMILES string of the molecule is COc1ccc(C)c2sc(N(Cc3ccncc3)C(=O)C=Cc3ccc([N+](=O)[O-])cc3)nc12. The Morgan fingerprint density at radius 3 is 2.55 bits per heavy atom. The van der Waals surface area contributed by atoms with E-state index in [4.69, 9.17) is 9.72 Å². The molecular weight excluding hydrogens is 440 g/mol. The van der Waals surface area contributed by atoms with Gasteiger partial charge in [0.15, 0.2) is 5.13 Å². The van der Waals surface area contributed by atoms with E-state index in [1.54, 1.807) is 42.6 Å². The monoisotopic (exact) mass is 460 g/mol. The third-order valence-corrected chi connectivity index (χ3v) is 6.23. The van der Waals surface area contributed by atoms with Crippen molar-refractivity contribution in [2.24, 2.45) is 0 Å². The number of nitrogens with zero attached hydrogens (tertiary/aromatic N) is 4. The Bertz CT molecular complexity index is 1330. The molecule has 2 aromatic carbocycles. The quantitative estimate of drug-likeness (QED) is 0.215. The average molecular weight is 461 g/mol.